The summed E-state index contributed by atoms with van der Waals surface area (Å²) >= 11 is 5.37. The van der Waals surface area contributed by atoms with Gasteiger partial charge in [0.15, 0.2) is 0 Å². The summed E-state index contributed by atoms with van der Waals surface area (Å²) in [5, 5.41) is 0. The van der Waals surface area contributed by atoms with Gasteiger partial charge in [-0.3, -0.25) is 4.90 Å². The van der Waals surface area contributed by atoms with Crippen molar-refractivity contribution in [3.63, 3.8) is 0 Å². The monoisotopic (exact) mass is 316 g/mol. The molecule has 4 heteroatoms. The quantitative estimate of drug-likeness (QED) is 0.919. The molecule has 2 N–H and O–H groups in total. The Morgan fingerprint density at radius 1 is 1.53 bits per heavy atom. The van der Waals surface area contributed by atoms with Gasteiger partial charge in [-0.25, -0.2) is 0 Å². The van der Waals surface area contributed by atoms with Crippen LogP contribution in [0.4, 0.5) is 0 Å². The lowest BCUT2D eigenvalue weighted by Crippen LogP contribution is -2.38. The summed E-state index contributed by atoms with van der Waals surface area (Å²) in [5.41, 5.74) is 5.87. The first kappa shape index (κ1) is 13.5. The third-order valence-corrected chi connectivity index (χ3v) is 5.86. The highest BCUT2D eigenvalue weighted by Crippen LogP contribution is 2.36. The van der Waals surface area contributed by atoms with E-state index in [1.165, 1.54) is 27.9 Å². The van der Waals surface area contributed by atoms with E-state index in [0.717, 1.165) is 6.54 Å². The van der Waals surface area contributed by atoms with E-state index in [1.807, 2.05) is 11.3 Å². The van der Waals surface area contributed by atoms with Crippen LogP contribution in [-0.2, 0) is 0 Å². The summed E-state index contributed by atoms with van der Waals surface area (Å²) in [6, 6.07) is 5.51. The van der Waals surface area contributed by atoms with Crippen molar-refractivity contribution < 1.29 is 0 Å². The molecule has 2 rings (SSSR count). The van der Waals surface area contributed by atoms with Crippen molar-refractivity contribution in [1.29, 1.82) is 0 Å². The second kappa shape index (κ2) is 5.83. The minimum absolute atomic E-state index is 0.489. The van der Waals surface area contributed by atoms with E-state index >= 15 is 0 Å². The number of hydrogen-bond donors (Lipinski definition) is 1. The largest absolute Gasteiger partial charge is 0.330 e. The van der Waals surface area contributed by atoms with E-state index in [0.29, 0.717) is 18.0 Å². The molecule has 0 aromatic carbocycles. The molecule has 0 amide bonds. The summed E-state index contributed by atoms with van der Waals surface area (Å²) in [5.74, 6) is 0.686. The molecule has 3 unspecified atom stereocenters. The molecule has 2 nitrogen and oxygen atoms in total. The fraction of sp³-hybridized carbons (Fsp3) is 0.692. The highest BCUT2D eigenvalue weighted by molar-refractivity contribution is 9.11. The molecule has 0 saturated heterocycles. The summed E-state index contributed by atoms with van der Waals surface area (Å²) in [7, 11) is 2.25. The van der Waals surface area contributed by atoms with Crippen LogP contribution in [-0.4, -0.2) is 24.5 Å². The summed E-state index contributed by atoms with van der Waals surface area (Å²) in [6.07, 6.45) is 3.93. The van der Waals surface area contributed by atoms with Gasteiger partial charge in [-0.15, -0.1) is 11.3 Å². The molecule has 0 bridgehead atoms. The maximum Gasteiger partial charge on any atom is 0.0701 e. The molecule has 1 heterocycles. The SMILES string of the molecule is CC(c1ccc(Br)s1)N(C)C1CCCC1CN. The molecule has 1 fully saturated rings. The molecule has 0 aliphatic heterocycles. The fourth-order valence-corrected chi connectivity index (χ4v) is 4.40. The third kappa shape index (κ3) is 2.92. The van der Waals surface area contributed by atoms with Gasteiger partial charge in [-0.2, -0.15) is 0 Å². The van der Waals surface area contributed by atoms with Crippen molar-refractivity contribution in [2.75, 3.05) is 13.6 Å². The minimum Gasteiger partial charge on any atom is -0.330 e. The van der Waals surface area contributed by atoms with Crippen LogP contribution in [0.15, 0.2) is 15.9 Å². The van der Waals surface area contributed by atoms with Crippen molar-refractivity contribution >= 4 is 27.3 Å². The number of nitrogens with two attached hydrogens (primary N) is 1. The molecule has 3 atom stereocenters. The standard InChI is InChI=1S/C13H21BrN2S/c1-9(12-6-7-13(14)17-12)16(2)11-5-3-4-10(11)8-15/h6-7,9-11H,3-5,8,15H2,1-2H3. The van der Waals surface area contributed by atoms with Crippen LogP contribution < -0.4 is 5.73 Å². The van der Waals surface area contributed by atoms with E-state index in [2.05, 4.69) is 46.9 Å². The second-order valence-corrected chi connectivity index (χ2v) is 7.47. The summed E-state index contributed by atoms with van der Waals surface area (Å²) in [4.78, 5) is 3.95. The van der Waals surface area contributed by atoms with E-state index in [1.54, 1.807) is 0 Å². The van der Waals surface area contributed by atoms with Gasteiger partial charge in [0, 0.05) is 17.0 Å². The first-order valence-corrected chi connectivity index (χ1v) is 7.91. The average molecular weight is 317 g/mol. The van der Waals surface area contributed by atoms with Gasteiger partial charge in [0.2, 0.25) is 0 Å². The van der Waals surface area contributed by atoms with Crippen LogP contribution in [0, 0.1) is 5.92 Å². The lowest BCUT2D eigenvalue weighted by Gasteiger charge is -2.33. The maximum absolute atomic E-state index is 5.87. The van der Waals surface area contributed by atoms with Crippen molar-refractivity contribution in [2.45, 2.75) is 38.3 Å². The van der Waals surface area contributed by atoms with E-state index in [4.69, 9.17) is 5.73 Å². The van der Waals surface area contributed by atoms with Crippen molar-refractivity contribution in [1.82, 2.24) is 4.90 Å². The number of hydrogen-bond acceptors (Lipinski definition) is 3. The van der Waals surface area contributed by atoms with Gasteiger partial charge in [0.25, 0.3) is 0 Å². The Morgan fingerprint density at radius 2 is 2.29 bits per heavy atom. The summed E-state index contributed by atoms with van der Waals surface area (Å²) in [6.45, 7) is 3.13. The first-order chi connectivity index (χ1) is 8.13. The molecule has 96 valence electrons. The zero-order valence-electron chi connectivity index (χ0n) is 10.5. The van der Waals surface area contributed by atoms with Gasteiger partial charge >= 0.3 is 0 Å². The number of nitrogens with zero attached hydrogens (tertiary/aromatic N) is 1. The molecular weight excluding hydrogens is 296 g/mol. The Labute approximate surface area is 116 Å². The second-order valence-electron chi connectivity index (χ2n) is 4.98. The van der Waals surface area contributed by atoms with Crippen LogP contribution >= 0.6 is 27.3 Å². The van der Waals surface area contributed by atoms with Crippen molar-refractivity contribution in [3.05, 3.63) is 20.8 Å². The Kier molecular flexibility index (Phi) is 4.64. The molecule has 0 spiro atoms. The topological polar surface area (TPSA) is 29.3 Å². The van der Waals surface area contributed by atoms with Gasteiger partial charge in [-0.05, 0) is 67.3 Å². The number of thiophene rings is 1. The maximum atomic E-state index is 5.87. The van der Waals surface area contributed by atoms with Crippen LogP contribution in [0.2, 0.25) is 0 Å². The molecular formula is C13H21BrN2S. The van der Waals surface area contributed by atoms with Gasteiger partial charge in [-0.1, -0.05) is 6.42 Å². The minimum atomic E-state index is 0.489. The molecule has 1 saturated carbocycles. The molecule has 1 aliphatic carbocycles. The molecule has 0 radical (unpaired) electrons. The first-order valence-electron chi connectivity index (χ1n) is 6.30. The smallest absolute Gasteiger partial charge is 0.0701 e. The van der Waals surface area contributed by atoms with Crippen molar-refractivity contribution in [2.24, 2.45) is 11.7 Å². The third-order valence-electron chi connectivity index (χ3n) is 4.06. The zero-order valence-corrected chi connectivity index (χ0v) is 12.9. The van der Waals surface area contributed by atoms with Gasteiger partial charge in [0.05, 0.1) is 3.79 Å². The Morgan fingerprint density at radius 3 is 2.88 bits per heavy atom. The number of halogens is 1. The summed E-state index contributed by atoms with van der Waals surface area (Å²) < 4.78 is 1.22. The Balaban J connectivity index is 2.06. The molecule has 1 aromatic heterocycles. The van der Waals surface area contributed by atoms with Crippen LogP contribution in [0.25, 0.3) is 0 Å². The fourth-order valence-electron chi connectivity index (χ4n) is 2.87. The average Bonchev–Trinajstić information content (AvgIpc) is 2.95. The lowest BCUT2D eigenvalue weighted by molar-refractivity contribution is 0.154. The Bertz CT molecular complexity index is 366. The Hall–Kier alpha value is 0.1000. The predicted octanol–water partition coefficient (Wildman–Crippen LogP) is 3.63. The van der Waals surface area contributed by atoms with Gasteiger partial charge < -0.3 is 5.73 Å². The lowest BCUT2D eigenvalue weighted by atomic mass is 10.0. The van der Waals surface area contributed by atoms with Crippen LogP contribution in [0.3, 0.4) is 0 Å². The normalized spacial score (nSPS) is 26.6. The van der Waals surface area contributed by atoms with E-state index < -0.39 is 0 Å². The highest BCUT2D eigenvalue weighted by Gasteiger charge is 2.32. The van der Waals surface area contributed by atoms with E-state index in [9.17, 15) is 0 Å². The molecule has 1 aromatic rings. The van der Waals surface area contributed by atoms with E-state index in [-0.39, 0.29) is 0 Å². The number of rotatable bonds is 4. The van der Waals surface area contributed by atoms with Crippen molar-refractivity contribution in [3.8, 4) is 0 Å². The van der Waals surface area contributed by atoms with Crippen LogP contribution in [0.5, 0.6) is 0 Å². The highest BCUT2D eigenvalue weighted by atomic mass is 79.9. The predicted molar refractivity (Wildman–Crippen MR) is 78.4 cm³/mol. The molecule has 1 aliphatic rings. The van der Waals surface area contributed by atoms with Gasteiger partial charge in [0.1, 0.15) is 0 Å². The molecule has 17 heavy (non-hydrogen) atoms. The zero-order chi connectivity index (χ0) is 12.4. The van der Waals surface area contributed by atoms with Crippen LogP contribution in [0.1, 0.15) is 37.1 Å².